The first-order valence-electron chi connectivity index (χ1n) is 6.09. The van der Waals surface area contributed by atoms with Crippen LogP contribution in [0, 0.1) is 6.92 Å². The molecule has 0 atom stereocenters. The van der Waals surface area contributed by atoms with E-state index in [1.165, 1.54) is 17.0 Å². The van der Waals surface area contributed by atoms with Crippen molar-refractivity contribution in [1.82, 2.24) is 15.5 Å². The quantitative estimate of drug-likeness (QED) is 0.810. The molecular formula is C12H21N3O. The van der Waals surface area contributed by atoms with Crippen molar-refractivity contribution in [3.8, 4) is 0 Å². The lowest BCUT2D eigenvalue weighted by Gasteiger charge is -2.20. The molecule has 0 aliphatic carbocycles. The summed E-state index contributed by atoms with van der Waals surface area (Å²) in [5.41, 5.74) is 3.88. The number of hydrogen-bond acceptors (Lipinski definition) is 3. The van der Waals surface area contributed by atoms with E-state index in [-0.39, 0.29) is 0 Å². The van der Waals surface area contributed by atoms with E-state index in [0.29, 0.717) is 5.92 Å². The summed E-state index contributed by atoms with van der Waals surface area (Å²) in [5, 5.41) is 10.8. The smallest absolute Gasteiger partial charge is 0.0686 e. The Labute approximate surface area is 96.8 Å². The number of hydrogen-bond donors (Lipinski definition) is 2. The highest BCUT2D eigenvalue weighted by Crippen LogP contribution is 2.28. The lowest BCUT2D eigenvalue weighted by Crippen LogP contribution is -2.15. The minimum atomic E-state index is 0.591. The van der Waals surface area contributed by atoms with E-state index in [1.807, 2.05) is 7.05 Å². The molecule has 1 fully saturated rings. The molecule has 16 heavy (non-hydrogen) atoms. The summed E-state index contributed by atoms with van der Waals surface area (Å²) >= 11 is 0. The van der Waals surface area contributed by atoms with Gasteiger partial charge < -0.3 is 10.1 Å². The maximum absolute atomic E-state index is 5.38. The summed E-state index contributed by atoms with van der Waals surface area (Å²) in [6, 6.07) is 0. The molecule has 0 aromatic carbocycles. The van der Waals surface area contributed by atoms with Gasteiger partial charge in [0.25, 0.3) is 0 Å². The Morgan fingerprint density at radius 1 is 1.44 bits per heavy atom. The molecule has 2 rings (SSSR count). The average Bonchev–Trinajstić information content (AvgIpc) is 2.69. The topological polar surface area (TPSA) is 49.9 Å². The highest BCUT2D eigenvalue weighted by Gasteiger charge is 2.21. The Morgan fingerprint density at radius 3 is 2.88 bits per heavy atom. The van der Waals surface area contributed by atoms with Crippen LogP contribution in [0.15, 0.2) is 0 Å². The standard InChI is InChI=1S/C12H21N3O/c1-9-11(3-6-13-2)14-15-12(9)10-4-7-16-8-5-10/h10,13H,3-8H2,1-2H3,(H,14,15). The fourth-order valence-electron chi connectivity index (χ4n) is 2.31. The van der Waals surface area contributed by atoms with Crippen molar-refractivity contribution in [1.29, 1.82) is 0 Å². The van der Waals surface area contributed by atoms with Gasteiger partial charge in [-0.3, -0.25) is 5.10 Å². The molecule has 0 bridgehead atoms. The third-order valence-corrected chi connectivity index (χ3v) is 3.38. The highest BCUT2D eigenvalue weighted by atomic mass is 16.5. The fourth-order valence-corrected chi connectivity index (χ4v) is 2.31. The number of aromatic amines is 1. The molecule has 2 heterocycles. The normalized spacial score (nSPS) is 17.9. The number of rotatable bonds is 4. The monoisotopic (exact) mass is 223 g/mol. The van der Waals surface area contributed by atoms with Gasteiger partial charge >= 0.3 is 0 Å². The van der Waals surface area contributed by atoms with Gasteiger partial charge in [0.15, 0.2) is 0 Å². The molecule has 0 unspecified atom stereocenters. The molecule has 1 aromatic heterocycles. The molecule has 0 radical (unpaired) electrons. The van der Waals surface area contributed by atoms with Crippen LogP contribution in [0.25, 0.3) is 0 Å². The zero-order valence-electron chi connectivity index (χ0n) is 10.2. The van der Waals surface area contributed by atoms with Crippen molar-refractivity contribution in [2.75, 3.05) is 26.8 Å². The molecule has 0 amide bonds. The van der Waals surface area contributed by atoms with E-state index in [2.05, 4.69) is 22.4 Å². The largest absolute Gasteiger partial charge is 0.381 e. The van der Waals surface area contributed by atoms with E-state index >= 15 is 0 Å². The number of nitrogens with zero attached hydrogens (tertiary/aromatic N) is 1. The molecular weight excluding hydrogens is 202 g/mol. The van der Waals surface area contributed by atoms with Crippen LogP contribution in [-0.4, -0.2) is 37.0 Å². The molecule has 1 aliphatic rings. The SMILES string of the molecule is CNCCc1[nH]nc(C2CCOCC2)c1C. The van der Waals surface area contributed by atoms with Gasteiger partial charge in [-0.25, -0.2) is 0 Å². The number of nitrogens with one attached hydrogen (secondary N) is 2. The zero-order valence-corrected chi connectivity index (χ0v) is 10.2. The molecule has 4 nitrogen and oxygen atoms in total. The Hall–Kier alpha value is -0.870. The van der Waals surface area contributed by atoms with Crippen LogP contribution in [0.3, 0.4) is 0 Å². The lowest BCUT2D eigenvalue weighted by atomic mass is 9.93. The third-order valence-electron chi connectivity index (χ3n) is 3.38. The molecule has 2 N–H and O–H groups in total. The minimum Gasteiger partial charge on any atom is -0.381 e. The Bertz CT molecular complexity index is 329. The second-order valence-electron chi connectivity index (χ2n) is 4.45. The van der Waals surface area contributed by atoms with Crippen LogP contribution in [0.4, 0.5) is 0 Å². The third kappa shape index (κ3) is 2.44. The van der Waals surface area contributed by atoms with Gasteiger partial charge in [0, 0.05) is 37.8 Å². The Kier molecular flexibility index (Phi) is 3.96. The summed E-state index contributed by atoms with van der Waals surface area (Å²) in [6.07, 6.45) is 3.24. The molecule has 1 aromatic rings. The second-order valence-corrected chi connectivity index (χ2v) is 4.45. The molecule has 90 valence electrons. The summed E-state index contributed by atoms with van der Waals surface area (Å²) < 4.78 is 5.38. The zero-order chi connectivity index (χ0) is 11.4. The number of likely N-dealkylation sites (N-methyl/N-ethyl adjacent to an activating group) is 1. The first-order valence-corrected chi connectivity index (χ1v) is 6.09. The predicted molar refractivity (Wildman–Crippen MR) is 63.7 cm³/mol. The van der Waals surface area contributed by atoms with Gasteiger partial charge in [-0.2, -0.15) is 5.10 Å². The van der Waals surface area contributed by atoms with Gasteiger partial charge in [-0.05, 0) is 32.4 Å². The van der Waals surface area contributed by atoms with E-state index in [1.54, 1.807) is 0 Å². The predicted octanol–water partition coefficient (Wildman–Crippen LogP) is 1.37. The molecule has 4 heteroatoms. The number of H-pyrrole nitrogens is 1. The Balaban J connectivity index is 2.06. The van der Waals surface area contributed by atoms with Crippen LogP contribution >= 0.6 is 0 Å². The first kappa shape index (κ1) is 11.6. The van der Waals surface area contributed by atoms with Crippen molar-refractivity contribution in [2.45, 2.75) is 32.1 Å². The summed E-state index contributed by atoms with van der Waals surface area (Å²) in [5.74, 6) is 0.591. The van der Waals surface area contributed by atoms with Crippen LogP contribution in [-0.2, 0) is 11.2 Å². The van der Waals surface area contributed by atoms with Gasteiger partial charge in [-0.15, -0.1) is 0 Å². The number of ether oxygens (including phenoxy) is 1. The molecule has 0 saturated carbocycles. The molecule has 1 saturated heterocycles. The fraction of sp³-hybridized carbons (Fsp3) is 0.750. The van der Waals surface area contributed by atoms with E-state index in [9.17, 15) is 0 Å². The average molecular weight is 223 g/mol. The maximum atomic E-state index is 5.38. The first-order chi connectivity index (χ1) is 7.83. The van der Waals surface area contributed by atoms with Crippen LogP contribution in [0.5, 0.6) is 0 Å². The highest BCUT2D eigenvalue weighted by molar-refractivity contribution is 5.27. The van der Waals surface area contributed by atoms with E-state index in [0.717, 1.165) is 39.0 Å². The van der Waals surface area contributed by atoms with Crippen molar-refractivity contribution in [2.24, 2.45) is 0 Å². The number of aromatic nitrogens is 2. The lowest BCUT2D eigenvalue weighted by molar-refractivity contribution is 0.0844. The minimum absolute atomic E-state index is 0.591. The van der Waals surface area contributed by atoms with Crippen molar-refractivity contribution in [3.05, 3.63) is 17.0 Å². The second kappa shape index (κ2) is 5.46. The van der Waals surface area contributed by atoms with Crippen LogP contribution < -0.4 is 5.32 Å². The van der Waals surface area contributed by atoms with Crippen molar-refractivity contribution < 1.29 is 4.74 Å². The van der Waals surface area contributed by atoms with E-state index in [4.69, 9.17) is 4.74 Å². The van der Waals surface area contributed by atoms with E-state index < -0.39 is 0 Å². The van der Waals surface area contributed by atoms with Gasteiger partial charge in [0.05, 0.1) is 5.69 Å². The Morgan fingerprint density at radius 2 is 2.19 bits per heavy atom. The summed E-state index contributed by atoms with van der Waals surface area (Å²) in [6.45, 7) is 4.93. The van der Waals surface area contributed by atoms with Crippen LogP contribution in [0.1, 0.15) is 35.7 Å². The van der Waals surface area contributed by atoms with Gasteiger partial charge in [-0.1, -0.05) is 0 Å². The van der Waals surface area contributed by atoms with Gasteiger partial charge in [0.2, 0.25) is 0 Å². The van der Waals surface area contributed by atoms with Crippen molar-refractivity contribution in [3.63, 3.8) is 0 Å². The summed E-state index contributed by atoms with van der Waals surface area (Å²) in [4.78, 5) is 0. The summed E-state index contributed by atoms with van der Waals surface area (Å²) in [7, 11) is 1.98. The maximum Gasteiger partial charge on any atom is 0.0686 e. The van der Waals surface area contributed by atoms with Crippen molar-refractivity contribution >= 4 is 0 Å². The molecule has 0 spiro atoms. The van der Waals surface area contributed by atoms with Crippen LogP contribution in [0.2, 0.25) is 0 Å². The molecule has 1 aliphatic heterocycles. The van der Waals surface area contributed by atoms with Gasteiger partial charge in [0.1, 0.15) is 0 Å².